The summed E-state index contributed by atoms with van der Waals surface area (Å²) >= 11 is 0. The van der Waals surface area contributed by atoms with E-state index in [0.717, 1.165) is 16.8 Å². The highest BCUT2D eigenvalue weighted by atomic mass is 16.5. The third-order valence-corrected chi connectivity index (χ3v) is 6.08. The van der Waals surface area contributed by atoms with Crippen LogP contribution in [0.3, 0.4) is 0 Å². The van der Waals surface area contributed by atoms with E-state index in [0.29, 0.717) is 40.6 Å². The third kappa shape index (κ3) is 5.54. The maximum absolute atomic E-state index is 9.43. The number of methoxy groups -OCH3 is 2. The molecule has 3 aromatic carbocycles. The van der Waals surface area contributed by atoms with Crippen LogP contribution in [0.4, 0.5) is 11.6 Å². The Kier molecular flexibility index (Phi) is 7.57. The Balaban J connectivity index is 1.59. The number of nitrogens with zero attached hydrogens (tertiary/aromatic N) is 5. The fourth-order valence-electron chi connectivity index (χ4n) is 4.19. The molecule has 0 unspecified atom stereocenters. The maximum atomic E-state index is 9.43. The molecule has 0 fully saturated rings. The van der Waals surface area contributed by atoms with Crippen LogP contribution in [0, 0.1) is 22.7 Å². The van der Waals surface area contributed by atoms with Crippen LogP contribution >= 0.6 is 0 Å². The summed E-state index contributed by atoms with van der Waals surface area (Å²) in [5, 5.41) is 21.4. The van der Waals surface area contributed by atoms with E-state index in [2.05, 4.69) is 11.4 Å². The molecule has 5 aromatic rings. The Bertz CT molecular complexity index is 1740. The van der Waals surface area contributed by atoms with Crippen molar-refractivity contribution in [1.82, 2.24) is 14.5 Å². The number of fused-ring (bicyclic) bond motifs is 1. The Hall–Kier alpha value is -5.80. The van der Waals surface area contributed by atoms with Gasteiger partial charge < -0.3 is 24.1 Å². The van der Waals surface area contributed by atoms with Gasteiger partial charge in [-0.3, -0.25) is 0 Å². The van der Waals surface area contributed by atoms with E-state index in [4.69, 9.17) is 29.4 Å². The molecule has 0 radical (unpaired) electrons. The van der Waals surface area contributed by atoms with Crippen molar-refractivity contribution in [3.63, 3.8) is 0 Å². The Morgan fingerprint density at radius 2 is 1.65 bits per heavy atom. The number of benzene rings is 3. The minimum Gasteiger partial charge on any atom is -0.493 e. The van der Waals surface area contributed by atoms with Gasteiger partial charge in [0.05, 0.1) is 37.4 Å². The quantitative estimate of drug-likeness (QED) is 0.217. The van der Waals surface area contributed by atoms with Gasteiger partial charge >= 0.3 is 0 Å². The first kappa shape index (κ1) is 25.8. The van der Waals surface area contributed by atoms with E-state index in [9.17, 15) is 5.26 Å². The van der Waals surface area contributed by atoms with Crippen LogP contribution in [-0.4, -0.2) is 28.8 Å². The average Bonchev–Trinajstić information content (AvgIpc) is 3.39. The Morgan fingerprint density at radius 3 is 2.30 bits per heavy atom. The largest absolute Gasteiger partial charge is 0.493 e. The number of hydrogen-bond donors (Lipinski definition) is 1. The first-order valence-corrected chi connectivity index (χ1v) is 12.3. The summed E-state index contributed by atoms with van der Waals surface area (Å²) in [6.07, 6.45) is 5.09. The molecule has 0 atom stereocenters. The summed E-state index contributed by atoms with van der Waals surface area (Å²) in [7, 11) is 3.00. The normalized spacial score (nSPS) is 10.7. The van der Waals surface area contributed by atoms with E-state index in [1.54, 1.807) is 18.2 Å². The molecule has 0 aliphatic heterocycles. The van der Waals surface area contributed by atoms with Crippen molar-refractivity contribution in [2.45, 2.75) is 6.54 Å². The van der Waals surface area contributed by atoms with Crippen molar-refractivity contribution in [2.75, 3.05) is 19.5 Å². The van der Waals surface area contributed by atoms with Gasteiger partial charge in [-0.15, -0.1) is 0 Å². The van der Waals surface area contributed by atoms with Gasteiger partial charge in [0.25, 0.3) is 0 Å². The van der Waals surface area contributed by atoms with Crippen molar-refractivity contribution in [3.8, 4) is 35.3 Å². The van der Waals surface area contributed by atoms with Crippen LogP contribution in [-0.2, 0) is 6.54 Å². The highest BCUT2D eigenvalue weighted by Gasteiger charge is 2.21. The van der Waals surface area contributed by atoms with Crippen LogP contribution < -0.4 is 19.5 Å². The lowest BCUT2D eigenvalue weighted by Gasteiger charge is -2.16. The van der Waals surface area contributed by atoms with Gasteiger partial charge in [-0.05, 0) is 35.4 Å². The maximum Gasteiger partial charge on any atom is 0.249 e. The predicted molar refractivity (Wildman–Crippen MR) is 152 cm³/mol. The summed E-state index contributed by atoms with van der Waals surface area (Å²) in [6.45, 7) is 0.580. The molecule has 196 valence electrons. The number of allylic oxidation sites excluding steroid dienone is 1. The van der Waals surface area contributed by atoms with E-state index < -0.39 is 0 Å². The fraction of sp³-hybridized carbons (Fsp3) is 0.0968. The van der Waals surface area contributed by atoms with Crippen molar-refractivity contribution in [1.29, 1.82) is 10.5 Å². The Labute approximate surface area is 231 Å². The van der Waals surface area contributed by atoms with Gasteiger partial charge in [0, 0.05) is 36.6 Å². The molecule has 1 N–H and O–H groups in total. The molecule has 0 aliphatic rings. The van der Waals surface area contributed by atoms with Gasteiger partial charge in [-0.25, -0.2) is 4.98 Å². The SMILES string of the molecule is COc1cc(C#N)cc(OC)c1Oc1nc(Nc2ccc(/C=C/C#N)cc2)nc2ccn(Cc3ccccc3)c12. The number of ether oxygens (including phenoxy) is 3. The number of nitrogens with one attached hydrogen (secondary N) is 1. The lowest BCUT2D eigenvalue weighted by atomic mass is 10.2. The molecule has 9 nitrogen and oxygen atoms in total. The topological polar surface area (TPSA) is 118 Å². The number of nitriles is 2. The molecular weight excluding hydrogens is 504 g/mol. The fourth-order valence-corrected chi connectivity index (χ4v) is 4.19. The van der Waals surface area contributed by atoms with Crippen molar-refractivity contribution < 1.29 is 14.2 Å². The summed E-state index contributed by atoms with van der Waals surface area (Å²) in [5.41, 5.74) is 4.48. The minimum absolute atomic E-state index is 0.281. The average molecular weight is 529 g/mol. The first-order valence-electron chi connectivity index (χ1n) is 12.3. The van der Waals surface area contributed by atoms with Gasteiger partial charge in [0.15, 0.2) is 11.5 Å². The van der Waals surface area contributed by atoms with Crippen molar-refractivity contribution >= 4 is 28.7 Å². The minimum atomic E-state index is 0.281. The van der Waals surface area contributed by atoms with E-state index in [1.807, 2.05) is 77.5 Å². The summed E-state index contributed by atoms with van der Waals surface area (Å²) < 4.78 is 19.5. The molecule has 40 heavy (non-hydrogen) atoms. The van der Waals surface area contributed by atoms with Crippen LogP contribution in [0.2, 0.25) is 0 Å². The third-order valence-electron chi connectivity index (χ3n) is 6.08. The second-order valence-electron chi connectivity index (χ2n) is 8.65. The second-order valence-corrected chi connectivity index (χ2v) is 8.65. The van der Waals surface area contributed by atoms with Crippen LogP contribution in [0.5, 0.6) is 23.1 Å². The Morgan fingerprint density at radius 1 is 0.925 bits per heavy atom. The lowest BCUT2D eigenvalue weighted by Crippen LogP contribution is -2.05. The van der Waals surface area contributed by atoms with Crippen LogP contribution in [0.25, 0.3) is 17.1 Å². The number of rotatable bonds is 9. The molecule has 0 saturated heterocycles. The molecule has 9 heteroatoms. The zero-order valence-corrected chi connectivity index (χ0v) is 21.8. The summed E-state index contributed by atoms with van der Waals surface area (Å²) in [6, 6.07) is 26.7. The summed E-state index contributed by atoms with van der Waals surface area (Å²) in [4.78, 5) is 9.47. The molecule has 0 aliphatic carbocycles. The van der Waals surface area contributed by atoms with E-state index in [1.165, 1.54) is 20.3 Å². The van der Waals surface area contributed by atoms with Crippen molar-refractivity contribution in [3.05, 3.63) is 102 Å². The molecule has 5 rings (SSSR count). The zero-order valence-electron chi connectivity index (χ0n) is 21.8. The number of anilines is 2. The molecule has 0 spiro atoms. The van der Waals surface area contributed by atoms with Gasteiger partial charge in [0.1, 0.15) is 5.52 Å². The van der Waals surface area contributed by atoms with Gasteiger partial charge in [0.2, 0.25) is 17.6 Å². The first-order chi connectivity index (χ1) is 19.6. The van der Waals surface area contributed by atoms with E-state index in [-0.39, 0.29) is 11.6 Å². The molecule has 2 aromatic heterocycles. The van der Waals surface area contributed by atoms with Crippen molar-refractivity contribution in [2.24, 2.45) is 0 Å². The standard InChI is InChI=1S/C31H24N6O3/c1-38-26-17-23(19-33)18-27(39-2)29(26)40-30-28-25(14-16-37(28)20-22-7-4-3-5-8-22)35-31(36-30)34-24-12-10-21(11-13-24)9-6-15-32/h3-14,16-18H,20H2,1-2H3,(H,34,35,36)/b9-6+. The van der Waals surface area contributed by atoms with Gasteiger partial charge in [-0.1, -0.05) is 42.5 Å². The summed E-state index contributed by atoms with van der Waals surface area (Å²) in [5.74, 6) is 1.56. The monoisotopic (exact) mass is 528 g/mol. The molecule has 0 amide bonds. The molecule has 0 saturated carbocycles. The molecule has 0 bridgehead atoms. The highest BCUT2D eigenvalue weighted by molar-refractivity contribution is 5.83. The molecule has 2 heterocycles. The zero-order chi connectivity index (χ0) is 27.9. The smallest absolute Gasteiger partial charge is 0.249 e. The van der Waals surface area contributed by atoms with Crippen LogP contribution in [0.1, 0.15) is 16.7 Å². The number of hydrogen-bond acceptors (Lipinski definition) is 8. The predicted octanol–water partition coefficient (Wildman–Crippen LogP) is 6.44. The highest BCUT2D eigenvalue weighted by Crippen LogP contribution is 2.42. The second kappa shape index (κ2) is 11.7. The van der Waals surface area contributed by atoms with Gasteiger partial charge in [-0.2, -0.15) is 15.5 Å². The molecular formula is C31H24N6O3. The van der Waals surface area contributed by atoms with E-state index >= 15 is 0 Å². The van der Waals surface area contributed by atoms with Crippen LogP contribution in [0.15, 0.2) is 85.1 Å². The lowest BCUT2D eigenvalue weighted by molar-refractivity contribution is 0.343. The number of aromatic nitrogens is 3.